The predicted octanol–water partition coefficient (Wildman–Crippen LogP) is 2.56. The van der Waals surface area contributed by atoms with Gasteiger partial charge in [0.05, 0.1) is 12.3 Å². The summed E-state index contributed by atoms with van der Waals surface area (Å²) in [7, 11) is -4.06. The Morgan fingerprint density at radius 2 is 1.69 bits per heavy atom. The maximum absolute atomic E-state index is 12.7. The van der Waals surface area contributed by atoms with E-state index >= 15 is 0 Å². The lowest BCUT2D eigenvalue weighted by atomic mass is 10.2. The van der Waals surface area contributed by atoms with Crippen molar-refractivity contribution < 1.29 is 27.9 Å². The molecule has 1 atom stereocenters. The molecule has 29 heavy (non-hydrogen) atoms. The smallest absolute Gasteiger partial charge is 0.242 e. The van der Waals surface area contributed by atoms with E-state index in [4.69, 9.17) is 4.74 Å². The van der Waals surface area contributed by atoms with E-state index < -0.39 is 32.7 Å². The van der Waals surface area contributed by atoms with Gasteiger partial charge in [-0.3, -0.25) is 9.59 Å². The zero-order chi connectivity index (χ0) is 21.4. The third-order valence-corrected chi connectivity index (χ3v) is 6.10. The number of anilines is 2. The maximum atomic E-state index is 12.7. The van der Waals surface area contributed by atoms with E-state index in [1.165, 1.54) is 24.3 Å². The van der Waals surface area contributed by atoms with Crippen LogP contribution in [0.15, 0.2) is 48.5 Å². The first-order chi connectivity index (χ1) is 13.8. The van der Waals surface area contributed by atoms with Crippen LogP contribution < -0.4 is 15.4 Å². The van der Waals surface area contributed by atoms with Gasteiger partial charge in [-0.1, -0.05) is 19.1 Å². The number of sulfone groups is 1. The minimum absolute atomic E-state index is 0.00899. The zero-order valence-electron chi connectivity index (χ0n) is 16.2. The molecule has 0 aromatic heterocycles. The standard InChI is InChI=1S/C20H24N2O6S/c1-3-18(20(25)21-14-9-11-15(23)12-10-14)29(26,27)13-19(24)22-16-7-5-6-8-17(16)28-4-2/h5-12,18,23H,3-4,13H2,1-2H3,(H,21,25)(H,22,24). The lowest BCUT2D eigenvalue weighted by Gasteiger charge is -2.16. The van der Waals surface area contributed by atoms with E-state index in [-0.39, 0.29) is 12.2 Å². The number of aromatic hydroxyl groups is 1. The van der Waals surface area contributed by atoms with E-state index in [0.29, 0.717) is 23.7 Å². The van der Waals surface area contributed by atoms with Crippen LogP contribution in [0, 0.1) is 0 Å². The molecule has 0 bridgehead atoms. The molecule has 3 N–H and O–H groups in total. The fourth-order valence-electron chi connectivity index (χ4n) is 2.69. The second-order valence-electron chi connectivity index (χ2n) is 6.22. The van der Waals surface area contributed by atoms with Crippen LogP contribution >= 0.6 is 0 Å². The molecule has 0 aliphatic heterocycles. The molecule has 0 spiro atoms. The number of carbonyl (C=O) groups is 2. The summed E-state index contributed by atoms with van der Waals surface area (Å²) in [6, 6.07) is 12.3. The van der Waals surface area contributed by atoms with E-state index in [9.17, 15) is 23.1 Å². The van der Waals surface area contributed by atoms with Crippen LogP contribution in [-0.2, 0) is 19.4 Å². The molecule has 2 aromatic rings. The van der Waals surface area contributed by atoms with Crippen LogP contribution in [0.5, 0.6) is 11.5 Å². The highest BCUT2D eigenvalue weighted by Gasteiger charge is 2.33. The van der Waals surface area contributed by atoms with Crippen molar-refractivity contribution in [2.75, 3.05) is 23.0 Å². The van der Waals surface area contributed by atoms with Gasteiger partial charge in [0, 0.05) is 5.69 Å². The molecule has 0 aliphatic rings. The zero-order valence-corrected chi connectivity index (χ0v) is 17.0. The highest BCUT2D eigenvalue weighted by molar-refractivity contribution is 7.93. The van der Waals surface area contributed by atoms with E-state index in [1.54, 1.807) is 38.1 Å². The fraction of sp³-hybridized carbons (Fsp3) is 0.300. The summed E-state index contributed by atoms with van der Waals surface area (Å²) in [5.74, 6) is -1.88. The summed E-state index contributed by atoms with van der Waals surface area (Å²) in [4.78, 5) is 24.8. The minimum Gasteiger partial charge on any atom is -0.508 e. The molecule has 1 unspecified atom stereocenters. The average Bonchev–Trinajstić information content (AvgIpc) is 2.65. The lowest BCUT2D eigenvalue weighted by molar-refractivity contribution is -0.115. The predicted molar refractivity (Wildman–Crippen MR) is 111 cm³/mol. The monoisotopic (exact) mass is 420 g/mol. The number of nitrogens with one attached hydrogen (secondary N) is 2. The molecule has 156 valence electrons. The molecule has 9 heteroatoms. The number of phenolic OH excluding ortho intramolecular Hbond substituents is 1. The van der Waals surface area contributed by atoms with Gasteiger partial charge in [0.15, 0.2) is 9.84 Å². The van der Waals surface area contributed by atoms with Crippen molar-refractivity contribution >= 4 is 33.0 Å². The molecule has 2 aromatic carbocycles. The van der Waals surface area contributed by atoms with E-state index in [0.717, 1.165) is 0 Å². The number of benzene rings is 2. The van der Waals surface area contributed by atoms with Gasteiger partial charge in [-0.2, -0.15) is 0 Å². The van der Waals surface area contributed by atoms with Crippen LogP contribution in [0.1, 0.15) is 20.3 Å². The average molecular weight is 420 g/mol. The van der Waals surface area contributed by atoms with Gasteiger partial charge in [0.1, 0.15) is 22.5 Å². The number of carbonyl (C=O) groups excluding carboxylic acids is 2. The first kappa shape index (κ1) is 22.2. The molecule has 0 aliphatic carbocycles. The Bertz CT molecular complexity index is 957. The van der Waals surface area contributed by atoms with Crippen molar-refractivity contribution in [1.82, 2.24) is 0 Å². The summed E-state index contributed by atoms with van der Waals surface area (Å²) in [6.07, 6.45) is 0.00899. The largest absolute Gasteiger partial charge is 0.508 e. The number of hydrogen-bond donors (Lipinski definition) is 3. The van der Waals surface area contributed by atoms with Crippen molar-refractivity contribution in [3.8, 4) is 11.5 Å². The number of amides is 2. The Morgan fingerprint density at radius 3 is 2.31 bits per heavy atom. The molecule has 0 saturated heterocycles. The summed E-state index contributed by atoms with van der Waals surface area (Å²) in [5.41, 5.74) is 0.702. The SMILES string of the molecule is CCOc1ccccc1NC(=O)CS(=O)(=O)C(CC)C(=O)Nc1ccc(O)cc1. The van der Waals surface area contributed by atoms with Crippen LogP contribution in [-0.4, -0.2) is 42.9 Å². The van der Waals surface area contributed by atoms with Gasteiger partial charge in [0.2, 0.25) is 11.8 Å². The Kier molecular flexibility index (Phi) is 7.60. The maximum Gasteiger partial charge on any atom is 0.242 e. The van der Waals surface area contributed by atoms with Crippen LogP contribution in [0.4, 0.5) is 11.4 Å². The number of phenols is 1. The molecular weight excluding hydrogens is 396 g/mol. The first-order valence-electron chi connectivity index (χ1n) is 9.10. The molecule has 8 nitrogen and oxygen atoms in total. The third kappa shape index (κ3) is 6.21. The third-order valence-electron chi connectivity index (χ3n) is 4.02. The van der Waals surface area contributed by atoms with Gasteiger partial charge < -0.3 is 20.5 Å². The molecule has 0 heterocycles. The van der Waals surface area contributed by atoms with Crippen molar-refractivity contribution in [2.45, 2.75) is 25.5 Å². The summed E-state index contributed by atoms with van der Waals surface area (Å²) in [5, 5.41) is 12.9. The normalized spacial score (nSPS) is 12.1. The van der Waals surface area contributed by atoms with Gasteiger partial charge in [-0.25, -0.2) is 8.42 Å². The van der Waals surface area contributed by atoms with E-state index in [1.807, 2.05) is 0 Å². The number of rotatable bonds is 9. The summed E-state index contributed by atoms with van der Waals surface area (Å²) < 4.78 is 30.7. The highest BCUT2D eigenvalue weighted by Crippen LogP contribution is 2.24. The van der Waals surface area contributed by atoms with Gasteiger partial charge in [-0.05, 0) is 49.7 Å². The Hall–Kier alpha value is -3.07. The van der Waals surface area contributed by atoms with Crippen molar-refractivity contribution in [1.29, 1.82) is 0 Å². The minimum atomic E-state index is -4.06. The molecule has 2 amide bonds. The van der Waals surface area contributed by atoms with E-state index in [2.05, 4.69) is 10.6 Å². The summed E-state index contributed by atoms with van der Waals surface area (Å²) >= 11 is 0. The molecule has 0 saturated carbocycles. The van der Waals surface area contributed by atoms with Gasteiger partial charge >= 0.3 is 0 Å². The quantitative estimate of drug-likeness (QED) is 0.536. The second kappa shape index (κ2) is 9.92. The van der Waals surface area contributed by atoms with Gasteiger partial charge in [-0.15, -0.1) is 0 Å². The van der Waals surface area contributed by atoms with Crippen LogP contribution in [0.3, 0.4) is 0 Å². The second-order valence-corrected chi connectivity index (χ2v) is 8.40. The number of para-hydroxylation sites is 2. The Labute approximate surface area is 169 Å². The van der Waals surface area contributed by atoms with Crippen LogP contribution in [0.2, 0.25) is 0 Å². The lowest BCUT2D eigenvalue weighted by Crippen LogP contribution is -2.39. The number of hydrogen-bond acceptors (Lipinski definition) is 6. The van der Waals surface area contributed by atoms with Gasteiger partial charge in [0.25, 0.3) is 0 Å². The fourth-order valence-corrected chi connectivity index (χ4v) is 4.22. The van der Waals surface area contributed by atoms with Crippen molar-refractivity contribution in [3.05, 3.63) is 48.5 Å². The Morgan fingerprint density at radius 1 is 1.03 bits per heavy atom. The van der Waals surface area contributed by atoms with Crippen LogP contribution in [0.25, 0.3) is 0 Å². The highest BCUT2D eigenvalue weighted by atomic mass is 32.2. The molecule has 0 radical (unpaired) electrons. The summed E-state index contributed by atoms with van der Waals surface area (Å²) in [6.45, 7) is 3.74. The number of ether oxygens (including phenoxy) is 1. The molecular formula is C20H24N2O6S. The molecule has 2 rings (SSSR count). The van der Waals surface area contributed by atoms with Crippen molar-refractivity contribution in [2.24, 2.45) is 0 Å². The molecule has 0 fully saturated rings. The first-order valence-corrected chi connectivity index (χ1v) is 10.8. The Balaban J connectivity index is 2.08. The topological polar surface area (TPSA) is 122 Å². The van der Waals surface area contributed by atoms with Crippen molar-refractivity contribution in [3.63, 3.8) is 0 Å².